The topological polar surface area (TPSA) is 103 Å². The second kappa shape index (κ2) is 10.1. The number of pyridine rings is 1. The number of carbonyl (C=O) groups excluding carboxylic acids is 3. The van der Waals surface area contributed by atoms with Gasteiger partial charge in [0.05, 0.1) is 17.5 Å². The smallest absolute Gasteiger partial charge is 0.243 e. The van der Waals surface area contributed by atoms with Gasteiger partial charge in [0.15, 0.2) is 0 Å². The van der Waals surface area contributed by atoms with Crippen LogP contribution in [0.15, 0.2) is 36.5 Å². The van der Waals surface area contributed by atoms with Gasteiger partial charge in [-0.2, -0.15) is 0 Å². The number of carbonyl (C=O) groups is 3. The highest BCUT2D eigenvalue weighted by molar-refractivity contribution is 6.06. The molecule has 1 atom stereocenters. The first-order chi connectivity index (χ1) is 18.5. The van der Waals surface area contributed by atoms with Crippen LogP contribution in [0.4, 0.5) is 11.5 Å². The van der Waals surface area contributed by atoms with Crippen LogP contribution in [0.1, 0.15) is 74.5 Å². The van der Waals surface area contributed by atoms with Crippen LogP contribution in [0.5, 0.6) is 0 Å². The van der Waals surface area contributed by atoms with Crippen LogP contribution in [0.25, 0.3) is 0 Å². The summed E-state index contributed by atoms with van der Waals surface area (Å²) in [6.45, 7) is 1.54. The predicted molar refractivity (Wildman–Crippen MR) is 146 cm³/mol. The number of anilines is 2. The van der Waals surface area contributed by atoms with E-state index in [1.807, 2.05) is 30.3 Å². The van der Waals surface area contributed by atoms with E-state index in [-0.39, 0.29) is 24.3 Å². The fraction of sp³-hybridized carbons (Fsp3) is 0.533. The van der Waals surface area contributed by atoms with Gasteiger partial charge >= 0.3 is 0 Å². The number of hydrogen-bond donors (Lipinski definition) is 3. The van der Waals surface area contributed by atoms with Crippen molar-refractivity contribution in [2.45, 2.75) is 81.6 Å². The molecule has 3 heterocycles. The van der Waals surface area contributed by atoms with Crippen LogP contribution >= 0.6 is 0 Å². The van der Waals surface area contributed by atoms with E-state index in [1.165, 1.54) is 6.42 Å². The predicted octanol–water partition coefficient (Wildman–Crippen LogP) is 3.70. The molecule has 1 saturated carbocycles. The van der Waals surface area contributed by atoms with Gasteiger partial charge in [0, 0.05) is 24.0 Å². The summed E-state index contributed by atoms with van der Waals surface area (Å²) in [5, 5.41) is 9.58. The van der Waals surface area contributed by atoms with Gasteiger partial charge in [-0.25, -0.2) is 4.98 Å². The molecule has 6 rings (SSSR count). The molecule has 8 nitrogen and oxygen atoms in total. The molecule has 1 aromatic heterocycles. The Bertz CT molecular complexity index is 1250. The minimum absolute atomic E-state index is 0.0134. The fourth-order valence-corrected chi connectivity index (χ4v) is 7.00. The summed E-state index contributed by atoms with van der Waals surface area (Å²) >= 11 is 0. The van der Waals surface area contributed by atoms with Gasteiger partial charge in [0.1, 0.15) is 5.82 Å². The van der Waals surface area contributed by atoms with Crippen LogP contribution in [0, 0.1) is 0 Å². The van der Waals surface area contributed by atoms with Gasteiger partial charge < -0.3 is 20.9 Å². The van der Waals surface area contributed by atoms with Crippen molar-refractivity contribution >= 4 is 29.2 Å². The molecule has 38 heavy (non-hydrogen) atoms. The largest absolute Gasteiger partial charge is 0.332 e. The van der Waals surface area contributed by atoms with E-state index in [2.05, 4.69) is 20.9 Å². The number of nitrogens with zero attached hydrogens (tertiary/aromatic N) is 2. The third kappa shape index (κ3) is 4.49. The summed E-state index contributed by atoms with van der Waals surface area (Å²) in [5.74, 6) is 0.540. The van der Waals surface area contributed by atoms with E-state index in [1.54, 1.807) is 11.1 Å². The zero-order valence-corrected chi connectivity index (χ0v) is 22.0. The maximum absolute atomic E-state index is 13.8. The van der Waals surface area contributed by atoms with Gasteiger partial charge in [-0.3, -0.25) is 14.4 Å². The molecule has 4 aliphatic rings. The van der Waals surface area contributed by atoms with Crippen molar-refractivity contribution in [3.05, 3.63) is 53.2 Å². The first-order valence-corrected chi connectivity index (χ1v) is 14.2. The van der Waals surface area contributed by atoms with Crippen LogP contribution in [-0.4, -0.2) is 52.8 Å². The lowest BCUT2D eigenvalue weighted by atomic mass is 9.79. The van der Waals surface area contributed by atoms with Crippen molar-refractivity contribution in [2.75, 3.05) is 30.3 Å². The van der Waals surface area contributed by atoms with Gasteiger partial charge in [0.25, 0.3) is 0 Å². The van der Waals surface area contributed by atoms with Gasteiger partial charge in [-0.1, -0.05) is 44.2 Å². The monoisotopic (exact) mass is 515 g/mol. The molecule has 1 saturated heterocycles. The minimum Gasteiger partial charge on any atom is -0.332 e. The van der Waals surface area contributed by atoms with Crippen LogP contribution in [0.2, 0.25) is 0 Å². The van der Waals surface area contributed by atoms with E-state index in [0.29, 0.717) is 30.9 Å². The molecule has 200 valence electrons. The van der Waals surface area contributed by atoms with E-state index >= 15 is 0 Å². The summed E-state index contributed by atoms with van der Waals surface area (Å²) in [7, 11) is 0. The van der Waals surface area contributed by atoms with Crippen LogP contribution in [0.3, 0.4) is 0 Å². The first kappa shape index (κ1) is 25.0. The number of aromatic nitrogens is 1. The molecule has 8 heteroatoms. The highest BCUT2D eigenvalue weighted by Crippen LogP contribution is 2.47. The molecule has 0 radical (unpaired) electrons. The summed E-state index contributed by atoms with van der Waals surface area (Å²) in [5.41, 5.74) is 2.68. The Morgan fingerprint density at radius 2 is 1.76 bits per heavy atom. The first-order valence-electron chi connectivity index (χ1n) is 14.2. The number of nitrogens with one attached hydrogen (secondary N) is 3. The third-order valence-electron chi connectivity index (χ3n) is 9.02. The molecule has 2 aromatic rings. The van der Waals surface area contributed by atoms with Crippen LogP contribution in [-0.2, 0) is 32.6 Å². The molecule has 2 spiro atoms. The number of rotatable bonds is 3. The number of benzene rings is 1. The van der Waals surface area contributed by atoms with Crippen molar-refractivity contribution in [1.82, 2.24) is 15.2 Å². The summed E-state index contributed by atoms with van der Waals surface area (Å²) in [6.07, 6.45) is 12.1. The standard InChI is InChI=1S/C30H37N5O3/c36-25(20-35-16-7-3-1-2-6-15-32-30(28(35)38)12-4-5-13-30)33-23-11-10-21-18-29(19-22(21)17-23)24-9-8-14-31-26(24)34-27(29)37/h8-11,14,17,32H,1-7,12-13,15-16,18-20H2,(H,33,36)(H,31,34,37)/t29-/m1/s1. The molecule has 2 aliphatic carbocycles. The van der Waals surface area contributed by atoms with Gasteiger partial charge in [0.2, 0.25) is 17.7 Å². The lowest BCUT2D eigenvalue weighted by Gasteiger charge is -2.35. The molecule has 2 aliphatic heterocycles. The maximum atomic E-state index is 13.8. The number of hydrogen-bond acceptors (Lipinski definition) is 5. The highest BCUT2D eigenvalue weighted by atomic mass is 16.2. The molecule has 3 N–H and O–H groups in total. The molecular formula is C30H37N5O3. The normalized spacial score (nSPS) is 24.7. The Kier molecular flexibility index (Phi) is 6.68. The van der Waals surface area contributed by atoms with E-state index < -0.39 is 11.0 Å². The highest BCUT2D eigenvalue weighted by Gasteiger charge is 2.51. The van der Waals surface area contributed by atoms with Crippen molar-refractivity contribution in [2.24, 2.45) is 0 Å². The summed E-state index contributed by atoms with van der Waals surface area (Å²) in [4.78, 5) is 46.1. The summed E-state index contributed by atoms with van der Waals surface area (Å²) < 4.78 is 0. The second-order valence-electron chi connectivity index (χ2n) is 11.5. The zero-order valence-electron chi connectivity index (χ0n) is 22.0. The maximum Gasteiger partial charge on any atom is 0.243 e. The Labute approximate surface area is 224 Å². The Morgan fingerprint density at radius 1 is 0.974 bits per heavy atom. The molecule has 3 amide bonds. The average molecular weight is 516 g/mol. The molecule has 0 unspecified atom stereocenters. The lowest BCUT2D eigenvalue weighted by Crippen LogP contribution is -2.57. The SMILES string of the molecule is O=C(CN1CCCCCCCNC2(CCCC2)C1=O)Nc1ccc2c(c1)C[C@@]1(C2)C(=O)Nc2ncccc21. The Hall–Kier alpha value is -3.26. The van der Waals surface area contributed by atoms with Gasteiger partial charge in [-0.15, -0.1) is 0 Å². The van der Waals surface area contributed by atoms with Crippen molar-refractivity contribution in [1.29, 1.82) is 0 Å². The van der Waals surface area contributed by atoms with E-state index in [9.17, 15) is 14.4 Å². The van der Waals surface area contributed by atoms with Crippen LogP contribution < -0.4 is 16.0 Å². The lowest BCUT2D eigenvalue weighted by molar-refractivity contribution is -0.140. The number of fused-ring (bicyclic) bond motifs is 3. The van der Waals surface area contributed by atoms with E-state index in [0.717, 1.165) is 74.6 Å². The van der Waals surface area contributed by atoms with Gasteiger partial charge in [-0.05, 0) is 74.4 Å². The quantitative estimate of drug-likeness (QED) is 0.578. The van der Waals surface area contributed by atoms with Crippen molar-refractivity contribution < 1.29 is 14.4 Å². The molecular weight excluding hydrogens is 478 g/mol. The fourth-order valence-electron chi connectivity index (χ4n) is 7.00. The second-order valence-corrected chi connectivity index (χ2v) is 11.5. The number of amides is 3. The molecule has 0 bridgehead atoms. The summed E-state index contributed by atoms with van der Waals surface area (Å²) in [6, 6.07) is 9.75. The van der Waals surface area contributed by atoms with Crippen molar-refractivity contribution in [3.63, 3.8) is 0 Å². The Balaban J connectivity index is 1.16. The third-order valence-corrected chi connectivity index (χ3v) is 9.02. The molecule has 2 fully saturated rings. The minimum atomic E-state index is -0.635. The Morgan fingerprint density at radius 3 is 2.63 bits per heavy atom. The van der Waals surface area contributed by atoms with E-state index in [4.69, 9.17) is 0 Å². The molecule has 1 aromatic carbocycles. The average Bonchev–Trinajstić information content (AvgIpc) is 3.60. The zero-order chi connectivity index (χ0) is 26.2. The van der Waals surface area contributed by atoms with Crippen molar-refractivity contribution in [3.8, 4) is 0 Å².